The van der Waals surface area contributed by atoms with Gasteiger partial charge >= 0.3 is 5.97 Å². The molecule has 3 aromatic carbocycles. The number of fused-ring (bicyclic) bond motifs is 2. The molecule has 1 N–H and O–H groups in total. The Balaban J connectivity index is 1.45. The molecule has 0 amide bonds. The van der Waals surface area contributed by atoms with Gasteiger partial charge in [-0.05, 0) is 96.2 Å². The molecule has 0 aromatic heterocycles. The highest BCUT2D eigenvalue weighted by Crippen LogP contribution is 2.57. The van der Waals surface area contributed by atoms with Crippen LogP contribution in [0.1, 0.15) is 74.0 Å². The fraction of sp³-hybridized carbons (Fsp3) is 0.424. The van der Waals surface area contributed by atoms with E-state index >= 15 is 0 Å². The fourth-order valence-electron chi connectivity index (χ4n) is 6.56. The van der Waals surface area contributed by atoms with Gasteiger partial charge in [-0.25, -0.2) is 4.39 Å². The maximum absolute atomic E-state index is 15.0. The molecule has 200 valence electrons. The number of rotatable bonds is 7. The zero-order valence-corrected chi connectivity index (χ0v) is 22.9. The zero-order valence-electron chi connectivity index (χ0n) is 22.9. The van der Waals surface area contributed by atoms with Crippen LogP contribution >= 0.6 is 0 Å². The van der Waals surface area contributed by atoms with E-state index in [-0.39, 0.29) is 28.7 Å². The van der Waals surface area contributed by atoms with Gasteiger partial charge in [-0.3, -0.25) is 4.79 Å². The Labute approximate surface area is 224 Å². The summed E-state index contributed by atoms with van der Waals surface area (Å²) in [5.41, 5.74) is 6.21. The lowest BCUT2D eigenvalue weighted by Gasteiger charge is -2.45. The van der Waals surface area contributed by atoms with Crippen molar-refractivity contribution in [1.82, 2.24) is 0 Å². The molecule has 1 saturated carbocycles. The van der Waals surface area contributed by atoms with Crippen molar-refractivity contribution in [2.45, 2.75) is 71.5 Å². The van der Waals surface area contributed by atoms with Crippen molar-refractivity contribution in [3.63, 3.8) is 0 Å². The molecular formula is C33H37FO4. The van der Waals surface area contributed by atoms with Crippen molar-refractivity contribution >= 4 is 5.97 Å². The van der Waals surface area contributed by atoms with Crippen molar-refractivity contribution < 1.29 is 23.8 Å². The van der Waals surface area contributed by atoms with Gasteiger partial charge in [-0.15, -0.1) is 0 Å². The van der Waals surface area contributed by atoms with Crippen LogP contribution < -0.4 is 4.74 Å². The maximum Gasteiger partial charge on any atom is 0.307 e. The molecule has 0 heterocycles. The van der Waals surface area contributed by atoms with E-state index in [1.165, 1.54) is 11.6 Å². The topological polar surface area (TPSA) is 55.8 Å². The van der Waals surface area contributed by atoms with Gasteiger partial charge in [0.2, 0.25) is 0 Å². The number of ether oxygens (including phenoxy) is 2. The molecule has 38 heavy (non-hydrogen) atoms. The average Bonchev–Trinajstić information content (AvgIpc) is 3.24. The van der Waals surface area contributed by atoms with E-state index in [0.717, 1.165) is 59.3 Å². The van der Waals surface area contributed by atoms with Crippen LogP contribution in [0.4, 0.5) is 4.39 Å². The Morgan fingerprint density at radius 3 is 2.53 bits per heavy atom. The number of hydrogen-bond donors (Lipinski definition) is 1. The lowest BCUT2D eigenvalue weighted by Crippen LogP contribution is -2.46. The van der Waals surface area contributed by atoms with Crippen LogP contribution in [0.25, 0.3) is 11.1 Å². The highest BCUT2D eigenvalue weighted by molar-refractivity contribution is 5.75. The van der Waals surface area contributed by atoms with Gasteiger partial charge in [0.1, 0.15) is 18.2 Å². The van der Waals surface area contributed by atoms with Gasteiger partial charge in [0.15, 0.2) is 0 Å². The summed E-state index contributed by atoms with van der Waals surface area (Å²) in [7, 11) is 1.70. The minimum absolute atomic E-state index is 0.207. The Morgan fingerprint density at radius 1 is 1.08 bits per heavy atom. The largest absolute Gasteiger partial charge is 0.489 e. The van der Waals surface area contributed by atoms with Gasteiger partial charge in [0.25, 0.3) is 0 Å². The summed E-state index contributed by atoms with van der Waals surface area (Å²) >= 11 is 0. The predicted molar refractivity (Wildman–Crippen MR) is 147 cm³/mol. The molecule has 4 nitrogen and oxygen atoms in total. The molecular weight excluding hydrogens is 479 g/mol. The predicted octanol–water partition coefficient (Wildman–Crippen LogP) is 7.79. The van der Waals surface area contributed by atoms with E-state index in [0.29, 0.717) is 12.2 Å². The van der Waals surface area contributed by atoms with E-state index in [2.05, 4.69) is 39.0 Å². The normalized spacial score (nSPS) is 21.2. The molecule has 0 aliphatic heterocycles. The van der Waals surface area contributed by atoms with Crippen LogP contribution in [0.5, 0.6) is 5.75 Å². The summed E-state index contributed by atoms with van der Waals surface area (Å²) in [6.45, 7) is 8.66. The first-order valence-electron chi connectivity index (χ1n) is 13.4. The van der Waals surface area contributed by atoms with E-state index in [4.69, 9.17) is 9.47 Å². The second kappa shape index (κ2) is 9.85. The van der Waals surface area contributed by atoms with Gasteiger partial charge < -0.3 is 14.6 Å². The molecule has 1 fully saturated rings. The first kappa shape index (κ1) is 26.4. The Bertz CT molecular complexity index is 1370. The molecule has 2 aliphatic rings. The highest BCUT2D eigenvalue weighted by Gasteiger charge is 2.54. The molecule has 3 atom stereocenters. The molecule has 1 spiro atoms. The second-order valence-electron chi connectivity index (χ2n) is 12.1. The Hall–Kier alpha value is -3.18. The molecule has 2 aliphatic carbocycles. The van der Waals surface area contributed by atoms with Crippen LogP contribution in [-0.4, -0.2) is 18.2 Å². The molecule has 3 aromatic rings. The lowest BCUT2D eigenvalue weighted by atomic mass is 9.57. The first-order chi connectivity index (χ1) is 18.0. The third-order valence-corrected chi connectivity index (χ3v) is 8.54. The van der Waals surface area contributed by atoms with Crippen LogP contribution in [-0.2, 0) is 28.0 Å². The maximum atomic E-state index is 15.0. The number of aliphatic carboxylic acids is 1. The average molecular weight is 517 g/mol. The third kappa shape index (κ3) is 4.62. The SMILES string of the molecule is CO[C@H](c1cc(COc2ccc3c(c2)[C@@]2(CC3)CC[C@@H]2C(=O)O)ccc1-c1cc(C)ccc1F)C(C)(C)C. The number of hydrogen-bond acceptors (Lipinski definition) is 3. The van der Waals surface area contributed by atoms with Crippen molar-refractivity contribution in [2.75, 3.05) is 7.11 Å². The third-order valence-electron chi connectivity index (χ3n) is 8.54. The van der Waals surface area contributed by atoms with E-state index in [9.17, 15) is 14.3 Å². The van der Waals surface area contributed by atoms with Crippen molar-refractivity contribution in [3.8, 4) is 16.9 Å². The molecule has 5 rings (SSSR count). The van der Waals surface area contributed by atoms with Crippen LogP contribution in [0.2, 0.25) is 0 Å². The number of halogens is 1. The number of methoxy groups -OCH3 is 1. The summed E-state index contributed by atoms with van der Waals surface area (Å²) < 4.78 is 27.2. The fourth-order valence-corrected chi connectivity index (χ4v) is 6.56. The minimum Gasteiger partial charge on any atom is -0.489 e. The van der Waals surface area contributed by atoms with E-state index in [1.54, 1.807) is 13.2 Å². The molecule has 5 heteroatoms. The molecule has 0 unspecified atom stereocenters. The van der Waals surface area contributed by atoms with Gasteiger partial charge in [-0.2, -0.15) is 0 Å². The smallest absolute Gasteiger partial charge is 0.307 e. The second-order valence-corrected chi connectivity index (χ2v) is 12.1. The van der Waals surface area contributed by atoms with Gasteiger partial charge in [0, 0.05) is 18.1 Å². The number of carboxylic acids is 1. The van der Waals surface area contributed by atoms with Gasteiger partial charge in [0.05, 0.1) is 12.0 Å². The summed E-state index contributed by atoms with van der Waals surface area (Å²) in [4.78, 5) is 11.8. The van der Waals surface area contributed by atoms with Gasteiger partial charge in [-0.1, -0.05) is 50.6 Å². The quantitative estimate of drug-likeness (QED) is 0.348. The Kier molecular flexibility index (Phi) is 6.85. The molecule has 0 radical (unpaired) electrons. The monoisotopic (exact) mass is 516 g/mol. The van der Waals surface area contributed by atoms with E-state index in [1.807, 2.05) is 31.2 Å². The Morgan fingerprint density at radius 2 is 1.87 bits per heavy atom. The summed E-state index contributed by atoms with van der Waals surface area (Å²) in [6, 6.07) is 17.3. The van der Waals surface area contributed by atoms with Crippen molar-refractivity contribution in [3.05, 3.63) is 88.2 Å². The minimum atomic E-state index is -0.695. The summed E-state index contributed by atoms with van der Waals surface area (Å²) in [6.07, 6.45) is 3.24. The molecule has 0 saturated heterocycles. The number of carboxylic acid groups (broad SMARTS) is 1. The van der Waals surface area contributed by atoms with Crippen molar-refractivity contribution in [1.29, 1.82) is 0 Å². The summed E-state index contributed by atoms with van der Waals surface area (Å²) in [5.74, 6) is -0.512. The standard InChI is InChI=1S/C33H37FO4/c1-20-6-11-29(34)25(16-20)24-10-7-21(17-26(24)30(37-5)32(2,3)4)19-38-23-9-8-22-12-14-33(28(22)18-23)15-13-27(33)31(35)36/h6-11,16-18,27,30H,12-15,19H2,1-5H3,(H,35,36)/t27-,30-,33+/m1/s1. The van der Waals surface area contributed by atoms with Crippen LogP contribution in [0.3, 0.4) is 0 Å². The van der Waals surface area contributed by atoms with Crippen LogP contribution in [0, 0.1) is 24.1 Å². The van der Waals surface area contributed by atoms with Crippen LogP contribution in [0.15, 0.2) is 54.6 Å². The first-order valence-corrected chi connectivity index (χ1v) is 13.4. The molecule has 0 bridgehead atoms. The van der Waals surface area contributed by atoms with E-state index < -0.39 is 5.97 Å². The lowest BCUT2D eigenvalue weighted by molar-refractivity contribution is -0.149. The number of aryl methyl sites for hydroxylation is 2. The summed E-state index contributed by atoms with van der Waals surface area (Å²) in [5, 5.41) is 9.73. The van der Waals surface area contributed by atoms with Crippen molar-refractivity contribution in [2.24, 2.45) is 11.3 Å². The number of benzene rings is 3. The zero-order chi connectivity index (χ0) is 27.2. The number of carbonyl (C=O) groups is 1. The highest BCUT2D eigenvalue weighted by atomic mass is 19.1.